The van der Waals surface area contributed by atoms with E-state index in [-0.39, 0.29) is 5.75 Å². The molecule has 3 N–H and O–H groups in total. The van der Waals surface area contributed by atoms with Crippen LogP contribution in [0.4, 0.5) is 14.5 Å². The molecular weight excluding hydrogens is 228 g/mol. The molecule has 0 bridgehead atoms. The van der Waals surface area contributed by atoms with Crippen molar-refractivity contribution >= 4 is 5.69 Å². The van der Waals surface area contributed by atoms with Crippen molar-refractivity contribution in [1.82, 2.24) is 10.2 Å². The molecular formula is C11H11F2N3O. The first kappa shape index (κ1) is 11.4. The van der Waals surface area contributed by atoms with Gasteiger partial charge >= 0.3 is 6.61 Å². The maximum Gasteiger partial charge on any atom is 0.387 e. The SMILES string of the molecule is Cc1ccc(-c2[nH]ncc2N)cc1OC(F)F. The van der Waals surface area contributed by atoms with Crippen LogP contribution in [-0.2, 0) is 0 Å². The number of ether oxygens (including phenoxy) is 1. The topological polar surface area (TPSA) is 63.9 Å². The number of hydrogen-bond acceptors (Lipinski definition) is 3. The Morgan fingerprint density at radius 1 is 1.41 bits per heavy atom. The summed E-state index contributed by atoms with van der Waals surface area (Å²) < 4.78 is 28.8. The van der Waals surface area contributed by atoms with Crippen molar-refractivity contribution in [2.75, 3.05) is 5.73 Å². The molecule has 1 aromatic carbocycles. The van der Waals surface area contributed by atoms with Gasteiger partial charge in [0.05, 0.1) is 17.6 Å². The summed E-state index contributed by atoms with van der Waals surface area (Å²) in [6, 6.07) is 4.95. The zero-order valence-corrected chi connectivity index (χ0v) is 9.08. The van der Waals surface area contributed by atoms with Gasteiger partial charge in [-0.3, -0.25) is 5.10 Å². The number of H-pyrrole nitrogens is 1. The lowest BCUT2D eigenvalue weighted by Crippen LogP contribution is -2.03. The molecule has 0 saturated carbocycles. The fraction of sp³-hybridized carbons (Fsp3) is 0.182. The summed E-state index contributed by atoms with van der Waals surface area (Å²) >= 11 is 0. The second-order valence-electron chi connectivity index (χ2n) is 3.56. The highest BCUT2D eigenvalue weighted by Gasteiger charge is 2.11. The fourth-order valence-corrected chi connectivity index (χ4v) is 1.51. The molecule has 1 aromatic heterocycles. The quantitative estimate of drug-likeness (QED) is 0.865. The maximum absolute atomic E-state index is 12.2. The van der Waals surface area contributed by atoms with Gasteiger partial charge in [0.15, 0.2) is 0 Å². The Bertz CT molecular complexity index is 525. The van der Waals surface area contributed by atoms with Gasteiger partial charge in [0.25, 0.3) is 0 Å². The minimum Gasteiger partial charge on any atom is -0.435 e. The number of hydrogen-bond donors (Lipinski definition) is 2. The Balaban J connectivity index is 2.41. The van der Waals surface area contributed by atoms with E-state index in [1.54, 1.807) is 19.1 Å². The summed E-state index contributed by atoms with van der Waals surface area (Å²) in [5.41, 5.74) is 8.01. The van der Waals surface area contributed by atoms with Crippen LogP contribution in [0.3, 0.4) is 0 Å². The van der Waals surface area contributed by atoms with E-state index in [2.05, 4.69) is 14.9 Å². The Hall–Kier alpha value is -2.11. The van der Waals surface area contributed by atoms with Crippen LogP contribution >= 0.6 is 0 Å². The molecule has 90 valence electrons. The van der Waals surface area contributed by atoms with E-state index < -0.39 is 6.61 Å². The van der Waals surface area contributed by atoms with E-state index >= 15 is 0 Å². The molecule has 0 amide bonds. The van der Waals surface area contributed by atoms with E-state index in [1.165, 1.54) is 12.3 Å². The van der Waals surface area contributed by atoms with Crippen LogP contribution in [0, 0.1) is 6.92 Å². The number of aromatic amines is 1. The third kappa shape index (κ3) is 2.35. The average molecular weight is 239 g/mol. The number of nitrogens with two attached hydrogens (primary N) is 1. The molecule has 0 saturated heterocycles. The zero-order chi connectivity index (χ0) is 12.4. The van der Waals surface area contributed by atoms with E-state index in [0.29, 0.717) is 22.5 Å². The number of rotatable bonds is 3. The van der Waals surface area contributed by atoms with Gasteiger partial charge in [-0.05, 0) is 18.6 Å². The summed E-state index contributed by atoms with van der Waals surface area (Å²) in [4.78, 5) is 0. The Morgan fingerprint density at radius 2 is 2.18 bits per heavy atom. The molecule has 1 heterocycles. The van der Waals surface area contributed by atoms with Crippen molar-refractivity contribution in [3.05, 3.63) is 30.0 Å². The highest BCUT2D eigenvalue weighted by Crippen LogP contribution is 2.29. The summed E-state index contributed by atoms with van der Waals surface area (Å²) in [6.45, 7) is -1.15. The van der Waals surface area contributed by atoms with Crippen molar-refractivity contribution in [1.29, 1.82) is 0 Å². The second-order valence-corrected chi connectivity index (χ2v) is 3.56. The minimum atomic E-state index is -2.84. The van der Waals surface area contributed by atoms with E-state index in [4.69, 9.17) is 5.73 Å². The van der Waals surface area contributed by atoms with Gasteiger partial charge in [0, 0.05) is 5.56 Å². The van der Waals surface area contributed by atoms with Crippen LogP contribution in [-0.4, -0.2) is 16.8 Å². The molecule has 6 heteroatoms. The van der Waals surface area contributed by atoms with Gasteiger partial charge in [-0.2, -0.15) is 13.9 Å². The van der Waals surface area contributed by atoms with Crippen molar-refractivity contribution in [3.8, 4) is 17.0 Å². The molecule has 0 atom stereocenters. The number of anilines is 1. The van der Waals surface area contributed by atoms with Crippen LogP contribution in [0.2, 0.25) is 0 Å². The van der Waals surface area contributed by atoms with Gasteiger partial charge < -0.3 is 10.5 Å². The summed E-state index contributed by atoms with van der Waals surface area (Å²) in [5, 5.41) is 6.48. The van der Waals surface area contributed by atoms with E-state index in [0.717, 1.165) is 0 Å². The number of nitrogens with zero attached hydrogens (tertiary/aromatic N) is 1. The number of aromatic nitrogens is 2. The third-order valence-electron chi connectivity index (χ3n) is 2.36. The molecule has 0 fully saturated rings. The first-order chi connectivity index (χ1) is 8.08. The molecule has 0 unspecified atom stereocenters. The van der Waals surface area contributed by atoms with Crippen molar-refractivity contribution in [2.45, 2.75) is 13.5 Å². The molecule has 0 aliphatic heterocycles. The maximum atomic E-state index is 12.2. The van der Waals surface area contributed by atoms with E-state index in [9.17, 15) is 8.78 Å². The first-order valence-corrected chi connectivity index (χ1v) is 4.92. The number of halogens is 2. The van der Waals surface area contributed by atoms with Gasteiger partial charge in [0.2, 0.25) is 0 Å². The number of nitrogen functional groups attached to an aromatic ring is 1. The van der Waals surface area contributed by atoms with Crippen LogP contribution < -0.4 is 10.5 Å². The third-order valence-corrected chi connectivity index (χ3v) is 2.36. The smallest absolute Gasteiger partial charge is 0.387 e. The van der Waals surface area contributed by atoms with Crippen molar-refractivity contribution < 1.29 is 13.5 Å². The van der Waals surface area contributed by atoms with Gasteiger partial charge in [-0.1, -0.05) is 12.1 Å². The number of nitrogens with one attached hydrogen (secondary N) is 1. The lowest BCUT2D eigenvalue weighted by atomic mass is 10.1. The zero-order valence-electron chi connectivity index (χ0n) is 9.08. The predicted molar refractivity (Wildman–Crippen MR) is 59.8 cm³/mol. The van der Waals surface area contributed by atoms with Gasteiger partial charge in [0.1, 0.15) is 5.75 Å². The number of benzene rings is 1. The van der Waals surface area contributed by atoms with Crippen molar-refractivity contribution in [2.24, 2.45) is 0 Å². The highest BCUT2D eigenvalue weighted by atomic mass is 19.3. The van der Waals surface area contributed by atoms with Crippen LogP contribution in [0.25, 0.3) is 11.3 Å². The highest BCUT2D eigenvalue weighted by molar-refractivity contribution is 5.73. The lowest BCUT2D eigenvalue weighted by Gasteiger charge is -2.09. The molecule has 4 nitrogen and oxygen atoms in total. The van der Waals surface area contributed by atoms with Crippen LogP contribution in [0.1, 0.15) is 5.56 Å². The molecule has 0 aliphatic carbocycles. The molecule has 0 aliphatic rings. The molecule has 0 radical (unpaired) electrons. The van der Waals surface area contributed by atoms with Crippen LogP contribution in [0.15, 0.2) is 24.4 Å². The first-order valence-electron chi connectivity index (χ1n) is 4.92. The fourth-order valence-electron chi connectivity index (χ4n) is 1.51. The second kappa shape index (κ2) is 4.40. The standard InChI is InChI=1S/C11H11F2N3O/c1-6-2-3-7(4-9(6)17-11(12)13)10-8(14)5-15-16-10/h2-5,11H,14H2,1H3,(H,15,16). The normalized spacial score (nSPS) is 10.8. The minimum absolute atomic E-state index is 0.131. The molecule has 2 aromatic rings. The monoisotopic (exact) mass is 239 g/mol. The molecule has 17 heavy (non-hydrogen) atoms. The van der Waals surface area contributed by atoms with Gasteiger partial charge in [-0.25, -0.2) is 0 Å². The average Bonchev–Trinajstić information content (AvgIpc) is 2.67. The number of aryl methyl sites for hydroxylation is 1. The Morgan fingerprint density at radius 3 is 2.76 bits per heavy atom. The Labute approximate surface area is 96.4 Å². The van der Waals surface area contributed by atoms with E-state index in [1.807, 2.05) is 0 Å². The summed E-state index contributed by atoms with van der Waals surface area (Å²) in [6.07, 6.45) is 1.46. The van der Waals surface area contributed by atoms with Crippen LogP contribution in [0.5, 0.6) is 5.75 Å². The lowest BCUT2D eigenvalue weighted by molar-refractivity contribution is -0.0502. The molecule has 2 rings (SSSR count). The van der Waals surface area contributed by atoms with Gasteiger partial charge in [-0.15, -0.1) is 0 Å². The van der Waals surface area contributed by atoms with Crippen molar-refractivity contribution in [3.63, 3.8) is 0 Å². The predicted octanol–water partition coefficient (Wildman–Crippen LogP) is 2.57. The summed E-state index contributed by atoms with van der Waals surface area (Å²) in [5.74, 6) is 0.131. The Kier molecular flexibility index (Phi) is 2.95. The molecule has 0 spiro atoms. The number of alkyl halides is 2. The largest absolute Gasteiger partial charge is 0.435 e. The summed E-state index contributed by atoms with van der Waals surface area (Å²) in [7, 11) is 0.